The molecule has 1 unspecified atom stereocenters. The molecule has 2 aliphatic heterocycles. The molecule has 0 bridgehead atoms. The number of fused-ring (bicyclic) bond motifs is 9. The van der Waals surface area contributed by atoms with E-state index in [0.29, 0.717) is 0 Å². The summed E-state index contributed by atoms with van der Waals surface area (Å²) in [6, 6.07) is 30.8. The van der Waals surface area contributed by atoms with E-state index in [9.17, 15) is 4.39 Å². The fourth-order valence-corrected chi connectivity index (χ4v) is 5.64. The van der Waals surface area contributed by atoms with Gasteiger partial charge in [-0.25, -0.2) is 4.39 Å². The number of aromatic nitrogens is 1. The number of halogens is 1. The summed E-state index contributed by atoms with van der Waals surface area (Å²) in [5, 5.41) is 1.23. The summed E-state index contributed by atoms with van der Waals surface area (Å²) >= 11 is 0. The number of nitrogens with zero attached hydrogens (tertiary/aromatic N) is 1. The van der Waals surface area contributed by atoms with Crippen molar-refractivity contribution in [1.82, 2.24) is 4.98 Å². The Morgan fingerprint density at radius 3 is 2.56 bits per heavy atom. The normalized spacial score (nSPS) is 16.2. The maximum atomic E-state index is 14.6. The lowest BCUT2D eigenvalue weighted by Crippen LogP contribution is -2.31. The largest absolute Gasteiger partial charge is 0.356 e. The standard InChI is InChI=1S/C31H23FN2/c1-19-10-12-20(13-11-19)29-17-21-14-15-23(32)18-25(21)31-30-26(24-7-3-4-8-27(24)33-30)16-22-6-2-5-9-28(22)34(29)31/h2-15,17-18,31,33H,16H2,1H3. The molecular formula is C31H23FN2. The molecule has 2 nitrogen and oxygen atoms in total. The van der Waals surface area contributed by atoms with Crippen molar-refractivity contribution in [3.63, 3.8) is 0 Å². The number of anilines is 1. The van der Waals surface area contributed by atoms with Gasteiger partial charge in [0.1, 0.15) is 11.9 Å². The number of aromatic amines is 1. The van der Waals surface area contributed by atoms with E-state index in [-0.39, 0.29) is 11.9 Å². The molecule has 34 heavy (non-hydrogen) atoms. The van der Waals surface area contributed by atoms with Crippen LogP contribution in [0.5, 0.6) is 0 Å². The van der Waals surface area contributed by atoms with Gasteiger partial charge in [-0.3, -0.25) is 0 Å². The Labute approximate surface area is 198 Å². The molecule has 164 valence electrons. The maximum Gasteiger partial charge on any atom is 0.123 e. The predicted octanol–water partition coefficient (Wildman–Crippen LogP) is 7.63. The van der Waals surface area contributed by atoms with Gasteiger partial charge < -0.3 is 9.88 Å². The first-order valence-corrected chi connectivity index (χ1v) is 11.7. The number of aryl methyl sites for hydroxylation is 1. The van der Waals surface area contributed by atoms with Gasteiger partial charge in [0, 0.05) is 34.4 Å². The Balaban J connectivity index is 1.60. The lowest BCUT2D eigenvalue weighted by molar-refractivity contribution is 0.622. The van der Waals surface area contributed by atoms with E-state index in [1.165, 1.54) is 27.8 Å². The van der Waals surface area contributed by atoms with Gasteiger partial charge in [-0.2, -0.15) is 0 Å². The predicted molar refractivity (Wildman–Crippen MR) is 137 cm³/mol. The van der Waals surface area contributed by atoms with Crippen molar-refractivity contribution in [2.24, 2.45) is 0 Å². The second-order valence-corrected chi connectivity index (χ2v) is 9.31. The number of hydrogen-bond donors (Lipinski definition) is 1. The molecule has 0 aliphatic carbocycles. The summed E-state index contributed by atoms with van der Waals surface area (Å²) in [6.07, 6.45) is 3.04. The van der Waals surface area contributed by atoms with Gasteiger partial charge in [-0.05, 0) is 65.1 Å². The van der Waals surface area contributed by atoms with Crippen LogP contribution in [0, 0.1) is 12.7 Å². The first-order valence-electron chi connectivity index (χ1n) is 11.7. The highest BCUT2D eigenvalue weighted by molar-refractivity contribution is 5.97. The Kier molecular flexibility index (Phi) is 4.10. The molecule has 7 rings (SSSR count). The third-order valence-electron chi connectivity index (χ3n) is 7.24. The van der Waals surface area contributed by atoms with Crippen molar-refractivity contribution in [2.75, 3.05) is 4.90 Å². The van der Waals surface area contributed by atoms with E-state index < -0.39 is 0 Å². The van der Waals surface area contributed by atoms with E-state index in [1.54, 1.807) is 12.1 Å². The highest BCUT2D eigenvalue weighted by atomic mass is 19.1. The summed E-state index contributed by atoms with van der Waals surface area (Å²) in [4.78, 5) is 6.15. The number of rotatable bonds is 1. The van der Waals surface area contributed by atoms with E-state index >= 15 is 0 Å². The van der Waals surface area contributed by atoms with Crippen LogP contribution < -0.4 is 4.90 Å². The Morgan fingerprint density at radius 1 is 0.882 bits per heavy atom. The van der Waals surface area contributed by atoms with Crippen molar-refractivity contribution >= 4 is 28.4 Å². The zero-order chi connectivity index (χ0) is 22.8. The third kappa shape index (κ3) is 2.80. The summed E-state index contributed by atoms with van der Waals surface area (Å²) in [7, 11) is 0. The quantitative estimate of drug-likeness (QED) is 0.283. The van der Waals surface area contributed by atoms with Crippen LogP contribution in [0.15, 0.2) is 91.0 Å². The van der Waals surface area contributed by atoms with E-state index in [4.69, 9.17) is 0 Å². The number of H-pyrrole nitrogens is 1. The van der Waals surface area contributed by atoms with Crippen LogP contribution in [-0.4, -0.2) is 4.98 Å². The van der Waals surface area contributed by atoms with Gasteiger partial charge in [-0.15, -0.1) is 0 Å². The van der Waals surface area contributed by atoms with Gasteiger partial charge >= 0.3 is 0 Å². The van der Waals surface area contributed by atoms with Gasteiger partial charge in [-0.1, -0.05) is 72.3 Å². The Bertz CT molecular complexity index is 1610. The van der Waals surface area contributed by atoms with Crippen LogP contribution in [0.1, 0.15) is 45.1 Å². The minimum Gasteiger partial charge on any atom is -0.356 e. The summed E-state index contributed by atoms with van der Waals surface area (Å²) < 4.78 is 14.6. The lowest BCUT2D eigenvalue weighted by Gasteiger charge is -2.39. The molecule has 4 aromatic carbocycles. The number of nitrogens with one attached hydrogen (secondary N) is 1. The second kappa shape index (κ2) is 7.19. The first-order chi connectivity index (χ1) is 16.7. The third-order valence-corrected chi connectivity index (χ3v) is 7.24. The molecule has 0 saturated heterocycles. The molecule has 0 fully saturated rings. The Hall–Kier alpha value is -4.11. The molecule has 3 heterocycles. The van der Waals surface area contributed by atoms with Gasteiger partial charge in [0.25, 0.3) is 0 Å². The van der Waals surface area contributed by atoms with Crippen LogP contribution >= 0.6 is 0 Å². The number of benzene rings is 4. The molecule has 1 atom stereocenters. The zero-order valence-corrected chi connectivity index (χ0v) is 18.8. The maximum absolute atomic E-state index is 14.6. The molecule has 2 aliphatic rings. The van der Waals surface area contributed by atoms with E-state index in [0.717, 1.165) is 40.0 Å². The zero-order valence-electron chi connectivity index (χ0n) is 18.8. The SMILES string of the molecule is Cc1ccc(C2=Cc3ccc(F)cc3C3c4[nH]c5ccccc5c4Cc4ccccc4N23)cc1. The highest BCUT2D eigenvalue weighted by Crippen LogP contribution is 2.50. The average molecular weight is 443 g/mol. The molecule has 0 saturated carbocycles. The van der Waals surface area contributed by atoms with Gasteiger partial charge in [0.05, 0.1) is 0 Å². The van der Waals surface area contributed by atoms with Crippen molar-refractivity contribution in [1.29, 1.82) is 0 Å². The van der Waals surface area contributed by atoms with Crippen LogP contribution in [-0.2, 0) is 6.42 Å². The van der Waals surface area contributed by atoms with Crippen LogP contribution in [0.3, 0.4) is 0 Å². The van der Waals surface area contributed by atoms with Crippen molar-refractivity contribution in [2.45, 2.75) is 19.4 Å². The minimum absolute atomic E-state index is 0.155. The average Bonchev–Trinajstić information content (AvgIpc) is 3.14. The molecule has 1 aromatic heterocycles. The molecule has 5 aromatic rings. The molecule has 1 N–H and O–H groups in total. The smallest absolute Gasteiger partial charge is 0.123 e. The van der Waals surface area contributed by atoms with Gasteiger partial charge in [0.15, 0.2) is 0 Å². The van der Waals surface area contributed by atoms with Crippen LogP contribution in [0.2, 0.25) is 0 Å². The molecule has 0 radical (unpaired) electrons. The van der Waals surface area contributed by atoms with Crippen LogP contribution in [0.25, 0.3) is 22.7 Å². The molecule has 0 amide bonds. The fraction of sp³-hybridized carbons (Fsp3) is 0.0968. The van der Waals surface area contributed by atoms with E-state index in [1.807, 2.05) is 6.07 Å². The Morgan fingerprint density at radius 2 is 1.68 bits per heavy atom. The first kappa shape index (κ1) is 19.4. The summed E-state index contributed by atoms with van der Waals surface area (Å²) in [5.41, 5.74) is 11.5. The van der Waals surface area contributed by atoms with Crippen molar-refractivity contribution in [3.05, 3.63) is 136 Å². The van der Waals surface area contributed by atoms with Crippen LogP contribution in [0.4, 0.5) is 10.1 Å². The second-order valence-electron chi connectivity index (χ2n) is 9.31. The lowest BCUT2D eigenvalue weighted by atomic mass is 9.88. The van der Waals surface area contributed by atoms with E-state index in [2.05, 4.69) is 95.7 Å². The summed E-state index contributed by atoms with van der Waals surface area (Å²) in [5.74, 6) is -0.207. The van der Waals surface area contributed by atoms with Crippen molar-refractivity contribution < 1.29 is 4.39 Å². The highest BCUT2D eigenvalue weighted by Gasteiger charge is 2.38. The minimum atomic E-state index is -0.207. The molecule has 3 heteroatoms. The number of hydrogen-bond acceptors (Lipinski definition) is 1. The van der Waals surface area contributed by atoms with Crippen molar-refractivity contribution in [3.8, 4) is 0 Å². The monoisotopic (exact) mass is 442 g/mol. The molecule has 0 spiro atoms. The summed E-state index contributed by atoms with van der Waals surface area (Å²) in [6.45, 7) is 2.11. The topological polar surface area (TPSA) is 19.0 Å². The molecular weight excluding hydrogens is 419 g/mol. The van der Waals surface area contributed by atoms with Gasteiger partial charge in [0.2, 0.25) is 0 Å². The fourth-order valence-electron chi connectivity index (χ4n) is 5.64. The number of para-hydroxylation sites is 2.